The number of carboxylic acid groups (broad SMARTS) is 2. The number of nitrogens with two attached hydrogens (primary N) is 1. The summed E-state index contributed by atoms with van der Waals surface area (Å²) in [7, 11) is -13.0. The van der Waals surface area contributed by atoms with E-state index >= 15 is 0 Å². The molecule has 2 aromatic rings. The molecule has 8 N–H and O–H groups in total. The van der Waals surface area contributed by atoms with Gasteiger partial charge in [0.2, 0.25) is 11.6 Å². The number of Topliss-reactive ketones (excluding diaryl/α,β-unsaturated/α-hetero) is 1. The van der Waals surface area contributed by atoms with E-state index in [9.17, 15) is 68.3 Å². The van der Waals surface area contributed by atoms with Crippen molar-refractivity contribution in [2.75, 3.05) is 41.8 Å². The van der Waals surface area contributed by atoms with E-state index in [2.05, 4.69) is 30.1 Å². The van der Waals surface area contributed by atoms with Crippen LogP contribution in [0.2, 0.25) is 0 Å². The van der Waals surface area contributed by atoms with Crippen LogP contribution in [0.5, 0.6) is 0 Å². The summed E-state index contributed by atoms with van der Waals surface area (Å²) in [6, 6.07) is 9.11. The second-order valence-electron chi connectivity index (χ2n) is 19.7. The van der Waals surface area contributed by atoms with Gasteiger partial charge in [-0.25, -0.2) is 0 Å². The highest BCUT2D eigenvalue weighted by Gasteiger charge is 2.45. The number of hydrogen-bond acceptors (Lipinski definition) is 13. The first-order chi connectivity index (χ1) is 33.9. The number of carbonyl (C=O) groups excluding carboxylic acids is 2. The average molecular weight is 1090 g/mol. The topological polar surface area (TPSA) is 316 Å². The Balaban J connectivity index is 1.65. The monoisotopic (exact) mass is 1090 g/mol. The Hall–Kier alpha value is -5.01. The molecule has 0 saturated heterocycles. The van der Waals surface area contributed by atoms with Crippen molar-refractivity contribution in [3.8, 4) is 0 Å². The number of carboxylic acids is 2. The number of fused-ring (bicyclic) bond motifs is 2. The second kappa shape index (κ2) is 24.1. The number of benzene rings is 2. The summed E-state index contributed by atoms with van der Waals surface area (Å²) >= 11 is 1.30. The molecule has 2 aromatic carbocycles. The Morgan fingerprint density at radius 2 is 1.52 bits per heavy atom. The highest BCUT2D eigenvalue weighted by atomic mass is 32.2. The quantitative estimate of drug-likeness (QED) is 0.0311. The van der Waals surface area contributed by atoms with Crippen molar-refractivity contribution < 1.29 is 72.9 Å². The number of anilines is 1. The maximum absolute atomic E-state index is 13.7. The molecule has 1 amide bonds. The molecule has 3 aliphatic rings. The number of allylic oxidation sites excluding steroid dienone is 7. The molecule has 0 saturated carbocycles. The fourth-order valence-electron chi connectivity index (χ4n) is 9.50. The number of nitrogens with one attached hydrogen (secondary N) is 1. The molecule has 1 aliphatic carbocycles. The number of thioether (sulfide) groups is 1. The van der Waals surface area contributed by atoms with Crippen LogP contribution < -0.4 is 16.0 Å². The Morgan fingerprint density at radius 1 is 0.849 bits per heavy atom. The Labute approximate surface area is 432 Å². The minimum Gasteiger partial charge on any atom is -0.480 e. The van der Waals surface area contributed by atoms with Gasteiger partial charge in [-0.2, -0.15) is 29.8 Å². The van der Waals surface area contributed by atoms with E-state index < -0.39 is 89.1 Å². The number of aryl methyl sites for hydroxylation is 1. The maximum atomic E-state index is 13.7. The molecule has 0 spiro atoms. The number of ketones is 1. The first-order valence-electron chi connectivity index (χ1n) is 23.9. The minimum absolute atomic E-state index is 0.00463. The fourth-order valence-corrected chi connectivity index (χ4v) is 12.5. The van der Waals surface area contributed by atoms with Crippen LogP contribution in [-0.4, -0.2) is 126 Å². The van der Waals surface area contributed by atoms with Gasteiger partial charge in [-0.15, -0.1) is 11.8 Å². The zero-order valence-electron chi connectivity index (χ0n) is 41.7. The number of carbonyl (C=O) groups is 4. The van der Waals surface area contributed by atoms with Gasteiger partial charge in [0, 0.05) is 71.0 Å². The Kier molecular flexibility index (Phi) is 19.4. The molecule has 0 fully saturated rings. The number of aliphatic carboxylic acids is 2. The van der Waals surface area contributed by atoms with E-state index in [4.69, 9.17) is 5.73 Å². The average Bonchev–Trinajstić information content (AvgIpc) is 3.63. The molecule has 0 aromatic heterocycles. The molecule has 73 heavy (non-hydrogen) atoms. The molecule has 2 atom stereocenters. The predicted octanol–water partition coefficient (Wildman–Crippen LogP) is 6.26. The third-order valence-electron chi connectivity index (χ3n) is 13.4. The highest BCUT2D eigenvalue weighted by Crippen LogP contribution is 2.49. The maximum Gasteiger partial charge on any atom is 0.322 e. The molecule has 0 unspecified atom stereocenters. The Bertz CT molecular complexity index is 2990. The molecular formula is C50H67N4O15S4+. The lowest BCUT2D eigenvalue weighted by Crippen LogP contribution is -2.37. The fraction of sp³-hybridized carbons (Fsp3) is 0.500. The lowest BCUT2D eigenvalue weighted by Gasteiger charge is -2.28. The summed E-state index contributed by atoms with van der Waals surface area (Å²) in [5.41, 5.74) is 11.9. The number of amides is 1. The minimum atomic E-state index is -4.59. The van der Waals surface area contributed by atoms with Crippen molar-refractivity contribution in [3.63, 3.8) is 0 Å². The summed E-state index contributed by atoms with van der Waals surface area (Å²) in [5.74, 6) is -5.60. The molecule has 2 heterocycles. The normalized spacial score (nSPS) is 18.6. The van der Waals surface area contributed by atoms with Gasteiger partial charge in [0.25, 0.3) is 30.4 Å². The molecule has 23 heteroatoms. The van der Waals surface area contributed by atoms with Crippen LogP contribution in [0, 0.1) is 12.8 Å². The highest BCUT2D eigenvalue weighted by molar-refractivity contribution is 8.03. The summed E-state index contributed by atoms with van der Waals surface area (Å²) in [4.78, 5) is 52.5. The van der Waals surface area contributed by atoms with Gasteiger partial charge in [0.1, 0.15) is 24.9 Å². The molecule has 5 rings (SSSR count). The van der Waals surface area contributed by atoms with Crippen LogP contribution in [0.15, 0.2) is 87.3 Å². The summed E-state index contributed by atoms with van der Waals surface area (Å²) in [5, 5.41) is 21.1. The van der Waals surface area contributed by atoms with Gasteiger partial charge in [-0.3, -0.25) is 32.8 Å². The van der Waals surface area contributed by atoms with Gasteiger partial charge < -0.3 is 26.2 Å². The molecule has 19 nitrogen and oxygen atoms in total. The van der Waals surface area contributed by atoms with Crippen molar-refractivity contribution in [1.82, 2.24) is 5.32 Å². The zero-order chi connectivity index (χ0) is 54.3. The van der Waals surface area contributed by atoms with Crippen LogP contribution in [0.1, 0.15) is 109 Å². The molecular weight excluding hydrogens is 1020 g/mol. The Morgan fingerprint density at radius 3 is 2.15 bits per heavy atom. The smallest absolute Gasteiger partial charge is 0.322 e. The largest absolute Gasteiger partial charge is 0.480 e. The van der Waals surface area contributed by atoms with Crippen molar-refractivity contribution in [2.45, 2.75) is 121 Å². The van der Waals surface area contributed by atoms with E-state index in [1.54, 1.807) is 6.07 Å². The lowest BCUT2D eigenvalue weighted by atomic mass is 9.81. The number of nitrogens with zero attached hydrogens (tertiary/aromatic N) is 2. The van der Waals surface area contributed by atoms with E-state index in [-0.39, 0.29) is 55.1 Å². The van der Waals surface area contributed by atoms with Crippen LogP contribution in [-0.2, 0) is 60.4 Å². The SMILES string of the molecule is Cc1ccc2c(c1)C(C)(C)C(=CC=C1CCCC(C=CC3=[N+](CCCCS(=O)(=O)O)c4ccc(S(=O)(=O)O)cc4C3(C)C)=C1SC[C@H](CC(=O)CC[C@H](N)C(=O)O)C(=O)NCC(=O)O)N2CCCCS(=O)(=O)O. The zero-order valence-corrected chi connectivity index (χ0v) is 44.9. The standard InChI is InChI=1S/C50H66N4O15S4/c1-32-13-19-41-38(27-32)49(2,3)43(53(41)23-6-8-25-71(61,62)63)21-14-33-11-10-12-34(46(33)70-31-35(47(58)52-30-45(56)57)28-36(55)16-18-40(51)48(59)60)15-22-44-50(4,5)39-29-37(73(67,68)69)17-20-42(39)54(44)24-7-9-26-72(64,65)66/h13-15,17,19-22,27,29,35,40H,6-12,16,18,23-26,28,30-31,51H2,1-5H3,(H5-,52,56,57,58,59,60,61,62,63,64,65,66,67,68,69)/p+1/t35-,40-/m0/s1. The van der Waals surface area contributed by atoms with Crippen LogP contribution >= 0.6 is 11.8 Å². The van der Waals surface area contributed by atoms with Gasteiger partial charge in [0.05, 0.1) is 27.7 Å². The number of unbranched alkanes of at least 4 members (excludes halogenated alkanes) is 2. The summed E-state index contributed by atoms with van der Waals surface area (Å²) in [6.45, 7) is 9.99. The first kappa shape index (κ1) is 58.9. The number of hydrogen-bond donors (Lipinski definition) is 7. The van der Waals surface area contributed by atoms with Crippen LogP contribution in [0.25, 0.3) is 0 Å². The molecule has 2 aliphatic heterocycles. The summed E-state index contributed by atoms with van der Waals surface area (Å²) < 4.78 is 102. The van der Waals surface area contributed by atoms with Crippen molar-refractivity contribution in [1.29, 1.82) is 0 Å². The molecule has 400 valence electrons. The second-order valence-corrected chi connectivity index (χ2v) is 25.3. The van der Waals surface area contributed by atoms with Gasteiger partial charge in [0.15, 0.2) is 5.71 Å². The third kappa shape index (κ3) is 15.8. The lowest BCUT2D eigenvalue weighted by molar-refractivity contribution is -0.438. The van der Waals surface area contributed by atoms with Crippen LogP contribution in [0.3, 0.4) is 0 Å². The third-order valence-corrected chi connectivity index (χ3v) is 17.2. The van der Waals surface area contributed by atoms with Crippen molar-refractivity contribution in [2.24, 2.45) is 11.7 Å². The number of rotatable bonds is 26. The van der Waals surface area contributed by atoms with Crippen LogP contribution in [0.4, 0.5) is 11.4 Å². The van der Waals surface area contributed by atoms with Gasteiger partial charge >= 0.3 is 11.9 Å². The molecule has 0 radical (unpaired) electrons. The van der Waals surface area contributed by atoms with Gasteiger partial charge in [-0.05, 0) is 107 Å². The van der Waals surface area contributed by atoms with E-state index in [0.717, 1.165) is 38.6 Å². The van der Waals surface area contributed by atoms with Crippen molar-refractivity contribution >= 4 is 82.8 Å². The van der Waals surface area contributed by atoms with E-state index in [1.807, 2.05) is 61.8 Å². The van der Waals surface area contributed by atoms with Gasteiger partial charge in [-0.1, -0.05) is 43.7 Å². The summed E-state index contributed by atoms with van der Waals surface area (Å²) in [6.07, 6.45) is 10.1. The predicted molar refractivity (Wildman–Crippen MR) is 279 cm³/mol. The van der Waals surface area contributed by atoms with Crippen molar-refractivity contribution in [3.05, 3.63) is 99.1 Å². The molecule has 0 bridgehead atoms. The van der Waals surface area contributed by atoms with E-state index in [1.165, 1.54) is 23.9 Å². The first-order valence-corrected chi connectivity index (χ1v) is 29.6. The van der Waals surface area contributed by atoms with E-state index in [0.29, 0.717) is 55.6 Å².